The summed E-state index contributed by atoms with van der Waals surface area (Å²) in [5.74, 6) is -3.01. The van der Waals surface area contributed by atoms with Crippen LogP contribution in [-0.2, 0) is 0 Å². The molecule has 0 saturated heterocycles. The number of nitrogens with zero attached hydrogens (tertiary/aromatic N) is 1. The molecule has 0 saturated carbocycles. The monoisotopic (exact) mass is 267 g/mol. The number of hydrogen-bond acceptors (Lipinski definition) is 3. The van der Waals surface area contributed by atoms with Crippen molar-refractivity contribution in [2.45, 2.75) is 13.0 Å². The van der Waals surface area contributed by atoms with Gasteiger partial charge in [0.25, 0.3) is 0 Å². The Bertz CT molecular complexity index is 606. The molecule has 0 spiro atoms. The Morgan fingerprint density at radius 3 is 2.26 bits per heavy atom. The maximum absolute atomic E-state index is 13.7. The van der Waals surface area contributed by atoms with Crippen LogP contribution in [0.2, 0.25) is 0 Å². The van der Waals surface area contributed by atoms with E-state index in [9.17, 15) is 13.2 Å². The van der Waals surface area contributed by atoms with Gasteiger partial charge in [-0.1, -0.05) is 0 Å². The van der Waals surface area contributed by atoms with Gasteiger partial charge in [-0.3, -0.25) is 0 Å². The Balaban J connectivity index is 2.56. The number of benzene rings is 1. The van der Waals surface area contributed by atoms with Crippen molar-refractivity contribution in [2.75, 3.05) is 5.73 Å². The Morgan fingerprint density at radius 1 is 1.11 bits per heavy atom. The highest BCUT2D eigenvalue weighted by Crippen LogP contribution is 2.28. The van der Waals surface area contributed by atoms with Gasteiger partial charge < -0.3 is 11.5 Å². The van der Waals surface area contributed by atoms with E-state index in [1.54, 1.807) is 13.0 Å². The van der Waals surface area contributed by atoms with Crippen LogP contribution in [0.5, 0.6) is 0 Å². The lowest BCUT2D eigenvalue weighted by Crippen LogP contribution is -2.18. The molecule has 2 aromatic rings. The van der Waals surface area contributed by atoms with Gasteiger partial charge in [-0.25, -0.2) is 18.2 Å². The molecule has 2 rings (SSSR count). The lowest BCUT2D eigenvalue weighted by atomic mass is 9.98. The van der Waals surface area contributed by atoms with Crippen molar-refractivity contribution >= 4 is 5.82 Å². The number of aromatic nitrogens is 1. The molecule has 6 heteroatoms. The van der Waals surface area contributed by atoms with E-state index in [-0.39, 0.29) is 5.82 Å². The summed E-state index contributed by atoms with van der Waals surface area (Å²) < 4.78 is 40.2. The minimum atomic E-state index is -1.15. The Morgan fingerprint density at radius 2 is 1.68 bits per heavy atom. The fraction of sp³-hybridized carbons (Fsp3) is 0.154. The van der Waals surface area contributed by atoms with Gasteiger partial charge in [0, 0.05) is 29.5 Å². The quantitative estimate of drug-likeness (QED) is 0.878. The standard InChI is InChI=1S/C13H12F3N3/c1-6-2-8(13(18)19-5-6)12(17)11-9(15)3-7(14)4-10(11)16/h2-5,12H,17H2,1H3,(H2,18,19). The maximum atomic E-state index is 13.7. The Kier molecular flexibility index (Phi) is 3.44. The zero-order chi connectivity index (χ0) is 14.2. The van der Waals surface area contributed by atoms with Crippen molar-refractivity contribution in [2.24, 2.45) is 5.73 Å². The summed E-state index contributed by atoms with van der Waals surface area (Å²) in [6, 6.07) is 1.61. The summed E-state index contributed by atoms with van der Waals surface area (Å²) >= 11 is 0. The lowest BCUT2D eigenvalue weighted by molar-refractivity contribution is 0.515. The molecule has 4 N–H and O–H groups in total. The van der Waals surface area contributed by atoms with Crippen molar-refractivity contribution in [1.82, 2.24) is 4.98 Å². The van der Waals surface area contributed by atoms with Gasteiger partial charge in [-0.2, -0.15) is 0 Å². The highest BCUT2D eigenvalue weighted by molar-refractivity contribution is 5.47. The fourth-order valence-electron chi connectivity index (χ4n) is 1.86. The number of rotatable bonds is 2. The Hall–Kier alpha value is -2.08. The van der Waals surface area contributed by atoms with E-state index in [4.69, 9.17) is 11.5 Å². The van der Waals surface area contributed by atoms with Crippen LogP contribution in [0.1, 0.15) is 22.7 Å². The molecular weight excluding hydrogens is 255 g/mol. The number of aryl methyl sites for hydroxylation is 1. The summed E-state index contributed by atoms with van der Waals surface area (Å²) in [7, 11) is 0. The minimum absolute atomic E-state index is 0.0845. The summed E-state index contributed by atoms with van der Waals surface area (Å²) in [5, 5.41) is 0. The first-order chi connectivity index (χ1) is 8.90. The molecule has 1 unspecified atom stereocenters. The molecule has 1 atom stereocenters. The Labute approximate surface area is 108 Å². The minimum Gasteiger partial charge on any atom is -0.383 e. The first-order valence-electron chi connectivity index (χ1n) is 5.52. The number of anilines is 1. The molecule has 0 aliphatic carbocycles. The van der Waals surface area contributed by atoms with Crippen molar-refractivity contribution in [1.29, 1.82) is 0 Å². The van der Waals surface area contributed by atoms with Crippen molar-refractivity contribution in [3.63, 3.8) is 0 Å². The fourth-order valence-corrected chi connectivity index (χ4v) is 1.86. The molecule has 1 aromatic heterocycles. The predicted molar refractivity (Wildman–Crippen MR) is 65.7 cm³/mol. The lowest BCUT2D eigenvalue weighted by Gasteiger charge is -2.16. The van der Waals surface area contributed by atoms with Gasteiger partial charge in [-0.15, -0.1) is 0 Å². The van der Waals surface area contributed by atoms with Crippen LogP contribution >= 0.6 is 0 Å². The summed E-state index contributed by atoms with van der Waals surface area (Å²) in [4.78, 5) is 3.88. The molecule has 0 fully saturated rings. The second-order valence-corrected chi connectivity index (χ2v) is 4.25. The third-order valence-electron chi connectivity index (χ3n) is 2.78. The summed E-state index contributed by atoms with van der Waals surface area (Å²) in [6.07, 6.45) is 1.52. The molecule has 0 aliphatic rings. The van der Waals surface area contributed by atoms with Crippen molar-refractivity contribution in [3.05, 3.63) is 58.5 Å². The van der Waals surface area contributed by atoms with Crippen LogP contribution in [0.25, 0.3) is 0 Å². The van der Waals surface area contributed by atoms with Gasteiger partial charge in [0.15, 0.2) is 0 Å². The molecule has 100 valence electrons. The van der Waals surface area contributed by atoms with Gasteiger partial charge in [0.05, 0.1) is 6.04 Å². The van der Waals surface area contributed by atoms with E-state index in [0.717, 1.165) is 5.56 Å². The molecule has 0 radical (unpaired) electrons. The first kappa shape index (κ1) is 13.4. The number of pyridine rings is 1. The molecule has 0 bridgehead atoms. The van der Waals surface area contributed by atoms with E-state index < -0.39 is 29.1 Å². The molecule has 1 aromatic carbocycles. The van der Waals surface area contributed by atoms with Gasteiger partial charge in [-0.05, 0) is 18.6 Å². The van der Waals surface area contributed by atoms with Gasteiger partial charge in [0.1, 0.15) is 23.3 Å². The normalized spacial score (nSPS) is 12.5. The number of nitrogens with two attached hydrogens (primary N) is 2. The molecule has 19 heavy (non-hydrogen) atoms. The van der Waals surface area contributed by atoms with Crippen LogP contribution in [0.4, 0.5) is 19.0 Å². The second-order valence-electron chi connectivity index (χ2n) is 4.25. The number of hydrogen-bond donors (Lipinski definition) is 2. The largest absolute Gasteiger partial charge is 0.383 e. The molecular formula is C13H12F3N3. The highest BCUT2D eigenvalue weighted by atomic mass is 19.1. The van der Waals surface area contributed by atoms with E-state index in [0.29, 0.717) is 17.7 Å². The average molecular weight is 267 g/mol. The van der Waals surface area contributed by atoms with Crippen molar-refractivity contribution < 1.29 is 13.2 Å². The third-order valence-corrected chi connectivity index (χ3v) is 2.78. The van der Waals surface area contributed by atoms with Crippen molar-refractivity contribution in [3.8, 4) is 0 Å². The first-order valence-corrected chi connectivity index (χ1v) is 5.52. The van der Waals surface area contributed by atoms with Crippen LogP contribution in [0, 0.1) is 24.4 Å². The van der Waals surface area contributed by atoms with Gasteiger partial charge in [0.2, 0.25) is 0 Å². The molecule has 1 heterocycles. The predicted octanol–water partition coefficient (Wildman–Crippen LogP) is 2.44. The maximum Gasteiger partial charge on any atom is 0.134 e. The highest BCUT2D eigenvalue weighted by Gasteiger charge is 2.22. The van der Waals surface area contributed by atoms with Crippen LogP contribution in [0.15, 0.2) is 24.4 Å². The van der Waals surface area contributed by atoms with E-state index in [1.807, 2.05) is 0 Å². The van der Waals surface area contributed by atoms with Gasteiger partial charge >= 0.3 is 0 Å². The molecule has 0 amide bonds. The third kappa shape index (κ3) is 2.53. The smallest absolute Gasteiger partial charge is 0.134 e. The SMILES string of the molecule is Cc1cnc(N)c(C(N)c2c(F)cc(F)cc2F)c1. The zero-order valence-electron chi connectivity index (χ0n) is 10.1. The topological polar surface area (TPSA) is 64.9 Å². The summed E-state index contributed by atoms with van der Waals surface area (Å²) in [6.45, 7) is 1.75. The average Bonchev–Trinajstić information content (AvgIpc) is 2.30. The summed E-state index contributed by atoms with van der Waals surface area (Å²) in [5.41, 5.74) is 12.1. The van der Waals surface area contributed by atoms with E-state index >= 15 is 0 Å². The molecule has 3 nitrogen and oxygen atoms in total. The van der Waals surface area contributed by atoms with Crippen LogP contribution < -0.4 is 11.5 Å². The number of halogens is 3. The zero-order valence-corrected chi connectivity index (χ0v) is 10.1. The number of nitrogen functional groups attached to an aromatic ring is 1. The van der Waals surface area contributed by atoms with E-state index in [1.165, 1.54) is 6.20 Å². The van der Waals surface area contributed by atoms with Crippen LogP contribution in [-0.4, -0.2) is 4.98 Å². The van der Waals surface area contributed by atoms with E-state index in [2.05, 4.69) is 4.98 Å². The van der Waals surface area contributed by atoms with Crippen LogP contribution in [0.3, 0.4) is 0 Å². The second kappa shape index (κ2) is 4.89. The molecule has 0 aliphatic heterocycles.